The van der Waals surface area contributed by atoms with E-state index in [0.29, 0.717) is 48.6 Å². The van der Waals surface area contributed by atoms with E-state index in [9.17, 15) is 17.6 Å². The van der Waals surface area contributed by atoms with Gasteiger partial charge in [0, 0.05) is 25.2 Å². The Morgan fingerprint density at radius 2 is 1.87 bits per heavy atom. The third-order valence-electron chi connectivity index (χ3n) is 5.38. The third-order valence-corrected chi connectivity index (χ3v) is 7.41. The molecule has 0 aliphatic carbocycles. The van der Waals surface area contributed by atoms with Gasteiger partial charge < -0.3 is 4.90 Å². The average molecular weight is 449 g/mol. The summed E-state index contributed by atoms with van der Waals surface area (Å²) in [4.78, 5) is 14.4. The quantitative estimate of drug-likeness (QED) is 0.626. The van der Waals surface area contributed by atoms with Crippen molar-refractivity contribution < 1.29 is 17.6 Å². The Hall–Kier alpha value is -2.43. The molecule has 1 N–H and O–H groups in total. The van der Waals surface area contributed by atoms with E-state index < -0.39 is 10.0 Å². The second-order valence-corrected chi connectivity index (χ2v) is 9.58. The highest BCUT2D eigenvalue weighted by Crippen LogP contribution is 2.23. The van der Waals surface area contributed by atoms with E-state index >= 15 is 0 Å². The van der Waals surface area contributed by atoms with Crippen molar-refractivity contribution in [1.29, 1.82) is 0 Å². The van der Waals surface area contributed by atoms with Crippen molar-refractivity contribution in [3.8, 4) is 0 Å². The summed E-state index contributed by atoms with van der Waals surface area (Å²) in [6.07, 6.45) is 2.31. The minimum atomic E-state index is -3.66. The van der Waals surface area contributed by atoms with Gasteiger partial charge in [-0.2, -0.15) is 8.75 Å². The lowest BCUT2D eigenvalue weighted by atomic mass is 9.93. The molecular weight excluding hydrogens is 427 g/mol. The van der Waals surface area contributed by atoms with Crippen molar-refractivity contribution in [3.05, 3.63) is 53.8 Å². The number of carbonyl (C=O) groups excluding carboxylic acids is 1. The molecule has 30 heavy (non-hydrogen) atoms. The average Bonchev–Trinajstić information content (AvgIpc) is 3.23. The number of likely N-dealkylation sites (tertiary alicyclic amines) is 1. The predicted molar refractivity (Wildman–Crippen MR) is 112 cm³/mol. The number of nitrogens with one attached hydrogen (secondary N) is 1. The first-order valence-corrected chi connectivity index (χ1v) is 11.9. The summed E-state index contributed by atoms with van der Waals surface area (Å²) in [7, 11) is -3.66. The lowest BCUT2D eigenvalue weighted by Gasteiger charge is -2.32. The summed E-state index contributed by atoms with van der Waals surface area (Å²) >= 11 is 0.988. The number of hydrogen-bond donors (Lipinski definition) is 1. The first kappa shape index (κ1) is 20.8. The number of fused-ring (bicyclic) bond motifs is 1. The molecule has 1 aliphatic rings. The van der Waals surface area contributed by atoms with Crippen LogP contribution >= 0.6 is 11.7 Å². The molecule has 10 heteroatoms. The molecule has 0 atom stereocenters. The van der Waals surface area contributed by atoms with Gasteiger partial charge in [-0.1, -0.05) is 6.07 Å². The highest BCUT2D eigenvalue weighted by atomic mass is 32.2. The molecule has 1 aliphatic heterocycles. The number of piperidine rings is 1. The molecule has 1 fully saturated rings. The van der Waals surface area contributed by atoms with Crippen molar-refractivity contribution in [3.63, 3.8) is 0 Å². The molecule has 1 aromatic heterocycles. The second-order valence-electron chi connectivity index (χ2n) is 7.32. The van der Waals surface area contributed by atoms with Crippen LogP contribution in [0.1, 0.15) is 29.6 Å². The predicted octanol–water partition coefficient (Wildman–Crippen LogP) is 3.05. The van der Waals surface area contributed by atoms with Gasteiger partial charge in [0.15, 0.2) is 0 Å². The van der Waals surface area contributed by atoms with Gasteiger partial charge in [0.05, 0.1) is 11.7 Å². The standard InChI is InChI=1S/C20H21FN4O3S2/c21-16-6-4-15(5-7-16)20(26)25-12-9-14(10-13-25)8-11-22-30(27,28)18-3-1-2-17-19(18)24-29-23-17/h1-7,14,22H,8-13H2. The van der Waals surface area contributed by atoms with Crippen molar-refractivity contribution in [2.75, 3.05) is 19.6 Å². The van der Waals surface area contributed by atoms with E-state index in [1.807, 2.05) is 0 Å². The number of amides is 1. The maximum absolute atomic E-state index is 13.0. The van der Waals surface area contributed by atoms with E-state index in [2.05, 4.69) is 13.5 Å². The maximum atomic E-state index is 13.0. The Labute approximate surface area is 178 Å². The summed E-state index contributed by atoms with van der Waals surface area (Å²) in [5, 5.41) is 0. The van der Waals surface area contributed by atoms with Crippen LogP contribution in [0.5, 0.6) is 0 Å². The van der Waals surface area contributed by atoms with Crippen LogP contribution < -0.4 is 4.72 Å². The zero-order valence-electron chi connectivity index (χ0n) is 16.1. The van der Waals surface area contributed by atoms with Crippen LogP contribution in [0.3, 0.4) is 0 Å². The van der Waals surface area contributed by atoms with Crippen molar-refractivity contribution in [2.24, 2.45) is 5.92 Å². The van der Waals surface area contributed by atoms with E-state index in [1.165, 1.54) is 30.3 Å². The van der Waals surface area contributed by atoms with Crippen LogP contribution in [0.2, 0.25) is 0 Å². The number of nitrogens with zero attached hydrogens (tertiary/aromatic N) is 3. The van der Waals surface area contributed by atoms with Gasteiger partial charge in [-0.25, -0.2) is 17.5 Å². The van der Waals surface area contributed by atoms with Crippen LogP contribution in [0, 0.1) is 11.7 Å². The fraction of sp³-hybridized carbons (Fsp3) is 0.350. The highest BCUT2D eigenvalue weighted by molar-refractivity contribution is 7.89. The topological polar surface area (TPSA) is 92.3 Å². The van der Waals surface area contributed by atoms with Gasteiger partial charge in [-0.3, -0.25) is 4.79 Å². The van der Waals surface area contributed by atoms with Crippen LogP contribution in [-0.2, 0) is 10.0 Å². The SMILES string of the molecule is O=C(c1ccc(F)cc1)N1CCC(CCNS(=O)(=O)c2cccc3nsnc23)CC1. The van der Waals surface area contributed by atoms with Crippen LogP contribution in [0.15, 0.2) is 47.4 Å². The molecule has 1 amide bonds. The fourth-order valence-electron chi connectivity index (χ4n) is 3.67. The number of benzene rings is 2. The number of halogens is 1. The second kappa shape index (κ2) is 8.75. The van der Waals surface area contributed by atoms with Gasteiger partial charge in [-0.15, -0.1) is 0 Å². The van der Waals surface area contributed by atoms with Crippen molar-refractivity contribution in [1.82, 2.24) is 18.4 Å². The Balaban J connectivity index is 1.28. The summed E-state index contributed by atoms with van der Waals surface area (Å²) < 4.78 is 49.2. The monoisotopic (exact) mass is 448 g/mol. The lowest BCUT2D eigenvalue weighted by Crippen LogP contribution is -2.39. The maximum Gasteiger partial charge on any atom is 0.253 e. The normalized spacial score (nSPS) is 15.6. The summed E-state index contributed by atoms with van der Waals surface area (Å²) in [6.45, 7) is 1.54. The summed E-state index contributed by atoms with van der Waals surface area (Å²) in [6, 6.07) is 10.5. The molecule has 0 saturated carbocycles. The summed E-state index contributed by atoms with van der Waals surface area (Å²) in [5.41, 5.74) is 1.44. The molecule has 7 nitrogen and oxygen atoms in total. The minimum absolute atomic E-state index is 0.0980. The number of carbonyl (C=O) groups is 1. The van der Waals surface area contributed by atoms with Crippen molar-refractivity contribution in [2.45, 2.75) is 24.2 Å². The Morgan fingerprint density at radius 1 is 1.13 bits per heavy atom. The molecule has 1 saturated heterocycles. The van der Waals surface area contributed by atoms with Gasteiger partial charge in [0.2, 0.25) is 10.0 Å². The third kappa shape index (κ3) is 4.50. The smallest absolute Gasteiger partial charge is 0.253 e. The molecule has 158 valence electrons. The zero-order valence-corrected chi connectivity index (χ0v) is 17.8. The molecule has 3 aromatic rings. The van der Waals surface area contributed by atoms with Gasteiger partial charge in [-0.05, 0) is 61.6 Å². The zero-order chi connectivity index (χ0) is 21.1. The molecule has 2 aromatic carbocycles. The van der Waals surface area contributed by atoms with Gasteiger partial charge in [0.1, 0.15) is 21.7 Å². The fourth-order valence-corrected chi connectivity index (χ4v) is 5.49. The molecular formula is C20H21FN4O3S2. The van der Waals surface area contributed by atoms with Crippen LogP contribution in [-0.4, -0.2) is 47.6 Å². The number of sulfonamides is 1. The van der Waals surface area contributed by atoms with Crippen LogP contribution in [0.4, 0.5) is 4.39 Å². The molecule has 0 bridgehead atoms. The molecule has 0 radical (unpaired) electrons. The van der Waals surface area contributed by atoms with Crippen LogP contribution in [0.25, 0.3) is 11.0 Å². The number of aromatic nitrogens is 2. The Kier molecular flexibility index (Phi) is 6.07. The number of hydrogen-bond acceptors (Lipinski definition) is 6. The Morgan fingerprint density at radius 3 is 2.60 bits per heavy atom. The largest absolute Gasteiger partial charge is 0.339 e. The Bertz CT molecular complexity index is 1140. The lowest BCUT2D eigenvalue weighted by molar-refractivity contribution is 0.0687. The molecule has 0 unspecified atom stereocenters. The molecule has 0 spiro atoms. The molecule has 4 rings (SSSR count). The van der Waals surface area contributed by atoms with Crippen molar-refractivity contribution >= 4 is 38.7 Å². The first-order chi connectivity index (χ1) is 14.4. The first-order valence-electron chi connectivity index (χ1n) is 9.70. The van der Waals surface area contributed by atoms with E-state index in [4.69, 9.17) is 0 Å². The minimum Gasteiger partial charge on any atom is -0.339 e. The van der Waals surface area contributed by atoms with E-state index in [0.717, 1.165) is 24.6 Å². The molecule has 2 heterocycles. The van der Waals surface area contributed by atoms with E-state index in [-0.39, 0.29) is 16.6 Å². The van der Waals surface area contributed by atoms with E-state index in [1.54, 1.807) is 17.0 Å². The van der Waals surface area contributed by atoms with Gasteiger partial charge >= 0.3 is 0 Å². The van der Waals surface area contributed by atoms with Gasteiger partial charge in [0.25, 0.3) is 5.91 Å². The number of rotatable bonds is 6. The highest BCUT2D eigenvalue weighted by Gasteiger charge is 2.25. The summed E-state index contributed by atoms with van der Waals surface area (Å²) in [5.74, 6) is -0.129.